The lowest BCUT2D eigenvalue weighted by atomic mass is 9.81. The Balaban J connectivity index is 2.03. The second kappa shape index (κ2) is 6.41. The lowest BCUT2D eigenvalue weighted by Crippen LogP contribution is -2.50. The molecule has 4 heteroatoms. The highest BCUT2D eigenvalue weighted by Gasteiger charge is 2.43. The van der Waals surface area contributed by atoms with Gasteiger partial charge in [0, 0.05) is 10.6 Å². The molecule has 114 valence electrons. The van der Waals surface area contributed by atoms with Crippen molar-refractivity contribution in [1.82, 2.24) is 4.90 Å². The fourth-order valence-electron chi connectivity index (χ4n) is 3.81. The quantitative estimate of drug-likeness (QED) is 0.924. The molecule has 1 unspecified atom stereocenters. The molecule has 2 aliphatic rings. The van der Waals surface area contributed by atoms with Gasteiger partial charge in [0.15, 0.2) is 0 Å². The maximum atomic E-state index is 11.6. The number of carboxylic acid groups (broad SMARTS) is 1. The Labute approximate surface area is 130 Å². The molecule has 2 heterocycles. The maximum absolute atomic E-state index is 11.6. The molecule has 3 nitrogen and oxygen atoms in total. The van der Waals surface area contributed by atoms with Gasteiger partial charge in [-0.15, -0.1) is 11.8 Å². The van der Waals surface area contributed by atoms with Gasteiger partial charge in [-0.2, -0.15) is 0 Å². The van der Waals surface area contributed by atoms with E-state index < -0.39 is 5.97 Å². The third-order valence-electron chi connectivity index (χ3n) is 4.82. The van der Waals surface area contributed by atoms with Gasteiger partial charge in [-0.25, -0.2) is 0 Å². The van der Waals surface area contributed by atoms with Gasteiger partial charge < -0.3 is 5.11 Å². The van der Waals surface area contributed by atoms with Crippen LogP contribution in [0.4, 0.5) is 0 Å². The van der Waals surface area contributed by atoms with E-state index in [2.05, 4.69) is 29.2 Å². The SMILES string of the molecule is O=C(O)CC1(N2CCCCCC2)CCSc2ccccc21. The van der Waals surface area contributed by atoms with Crippen LogP contribution in [-0.4, -0.2) is 34.8 Å². The van der Waals surface area contributed by atoms with Gasteiger partial charge in [0.25, 0.3) is 0 Å². The number of hydrogen-bond donors (Lipinski definition) is 1. The first-order chi connectivity index (χ1) is 10.2. The molecular formula is C17H23NO2S. The summed E-state index contributed by atoms with van der Waals surface area (Å²) in [4.78, 5) is 15.3. The van der Waals surface area contributed by atoms with E-state index in [1.165, 1.54) is 36.1 Å². The number of carbonyl (C=O) groups is 1. The summed E-state index contributed by atoms with van der Waals surface area (Å²) in [5.74, 6) is 0.335. The Morgan fingerprint density at radius 2 is 1.90 bits per heavy atom. The second-order valence-corrected chi connectivity index (χ2v) is 7.23. The van der Waals surface area contributed by atoms with Crippen molar-refractivity contribution < 1.29 is 9.90 Å². The normalized spacial score (nSPS) is 26.9. The molecule has 2 aliphatic heterocycles. The summed E-state index contributed by atoms with van der Waals surface area (Å²) in [5.41, 5.74) is 0.948. The number of benzene rings is 1. The van der Waals surface area contributed by atoms with Crippen LogP contribution in [0.1, 0.15) is 44.1 Å². The van der Waals surface area contributed by atoms with Crippen molar-refractivity contribution in [3.05, 3.63) is 29.8 Å². The van der Waals surface area contributed by atoms with Crippen molar-refractivity contribution in [2.24, 2.45) is 0 Å². The van der Waals surface area contributed by atoms with E-state index >= 15 is 0 Å². The Morgan fingerprint density at radius 1 is 1.19 bits per heavy atom. The molecule has 0 bridgehead atoms. The van der Waals surface area contributed by atoms with Crippen LogP contribution in [0.15, 0.2) is 29.2 Å². The summed E-state index contributed by atoms with van der Waals surface area (Å²) in [6.07, 6.45) is 6.10. The Hall–Kier alpha value is -1.00. The second-order valence-electron chi connectivity index (χ2n) is 6.10. The van der Waals surface area contributed by atoms with Gasteiger partial charge >= 0.3 is 5.97 Å². The van der Waals surface area contributed by atoms with Crippen LogP contribution >= 0.6 is 11.8 Å². The lowest BCUT2D eigenvalue weighted by molar-refractivity contribution is -0.141. The van der Waals surface area contributed by atoms with Crippen molar-refractivity contribution in [2.75, 3.05) is 18.8 Å². The van der Waals surface area contributed by atoms with Crippen LogP contribution in [0.5, 0.6) is 0 Å². The molecule has 0 radical (unpaired) electrons. The minimum Gasteiger partial charge on any atom is -0.481 e. The first-order valence-corrected chi connectivity index (χ1v) is 8.90. The third kappa shape index (κ3) is 2.97. The fraction of sp³-hybridized carbons (Fsp3) is 0.588. The molecule has 3 rings (SSSR count). The van der Waals surface area contributed by atoms with Gasteiger partial charge in [0.1, 0.15) is 0 Å². The summed E-state index contributed by atoms with van der Waals surface area (Å²) >= 11 is 1.87. The highest BCUT2D eigenvalue weighted by atomic mass is 32.2. The molecule has 0 saturated carbocycles. The highest BCUT2D eigenvalue weighted by molar-refractivity contribution is 7.99. The summed E-state index contributed by atoms with van der Waals surface area (Å²) in [6.45, 7) is 2.07. The number of thioether (sulfide) groups is 1. The average Bonchev–Trinajstić information content (AvgIpc) is 2.76. The maximum Gasteiger partial charge on any atom is 0.305 e. The van der Waals surface area contributed by atoms with Crippen LogP contribution in [0.3, 0.4) is 0 Å². The van der Waals surface area contributed by atoms with Gasteiger partial charge in [-0.1, -0.05) is 31.0 Å². The largest absolute Gasteiger partial charge is 0.481 e. The molecular weight excluding hydrogens is 282 g/mol. The van der Waals surface area contributed by atoms with Crippen molar-refractivity contribution >= 4 is 17.7 Å². The molecule has 0 aromatic heterocycles. The average molecular weight is 305 g/mol. The van der Waals surface area contributed by atoms with E-state index in [0.717, 1.165) is 25.3 Å². The van der Waals surface area contributed by atoms with Crippen molar-refractivity contribution in [3.63, 3.8) is 0 Å². The molecule has 0 aliphatic carbocycles. The molecule has 1 aromatic rings. The summed E-state index contributed by atoms with van der Waals surface area (Å²) in [6, 6.07) is 8.41. The zero-order valence-electron chi connectivity index (χ0n) is 12.4. The number of carboxylic acids is 1. The zero-order chi connectivity index (χ0) is 14.7. The highest BCUT2D eigenvalue weighted by Crippen LogP contribution is 2.46. The van der Waals surface area contributed by atoms with Gasteiger partial charge in [0.05, 0.1) is 12.0 Å². The molecule has 1 aromatic carbocycles. The smallest absolute Gasteiger partial charge is 0.305 e. The predicted molar refractivity (Wildman–Crippen MR) is 85.8 cm³/mol. The van der Waals surface area contributed by atoms with E-state index in [1.807, 2.05) is 11.8 Å². The number of rotatable bonds is 3. The van der Waals surface area contributed by atoms with E-state index in [-0.39, 0.29) is 12.0 Å². The number of likely N-dealkylation sites (tertiary alicyclic amines) is 1. The van der Waals surface area contributed by atoms with Crippen molar-refractivity contribution in [2.45, 2.75) is 49.0 Å². The first kappa shape index (κ1) is 14.9. The summed E-state index contributed by atoms with van der Waals surface area (Å²) < 4.78 is 0. The third-order valence-corrected chi connectivity index (χ3v) is 5.89. The van der Waals surface area contributed by atoms with Crippen LogP contribution in [-0.2, 0) is 10.3 Å². The molecule has 21 heavy (non-hydrogen) atoms. The van der Waals surface area contributed by atoms with Crippen molar-refractivity contribution in [1.29, 1.82) is 0 Å². The number of nitrogens with zero attached hydrogens (tertiary/aromatic N) is 1. The topological polar surface area (TPSA) is 40.5 Å². The molecule has 1 fully saturated rings. The predicted octanol–water partition coefficient (Wildman–Crippen LogP) is 3.73. The van der Waals surface area contributed by atoms with Crippen LogP contribution in [0.2, 0.25) is 0 Å². The number of aliphatic carboxylic acids is 1. The van der Waals surface area contributed by atoms with E-state index in [1.54, 1.807) is 0 Å². The molecule has 1 saturated heterocycles. The fourth-order valence-corrected chi connectivity index (χ4v) is 5.06. The lowest BCUT2D eigenvalue weighted by Gasteiger charge is -2.46. The molecule has 0 amide bonds. The molecule has 0 spiro atoms. The minimum absolute atomic E-state index is 0.227. The van der Waals surface area contributed by atoms with Gasteiger partial charge in [-0.05, 0) is 44.0 Å². The number of hydrogen-bond acceptors (Lipinski definition) is 3. The van der Waals surface area contributed by atoms with Crippen LogP contribution in [0.25, 0.3) is 0 Å². The van der Waals surface area contributed by atoms with Gasteiger partial charge in [-0.3, -0.25) is 9.69 Å². The monoisotopic (exact) mass is 305 g/mol. The van der Waals surface area contributed by atoms with Crippen LogP contribution < -0.4 is 0 Å². The Bertz CT molecular complexity index is 511. The zero-order valence-corrected chi connectivity index (χ0v) is 13.2. The van der Waals surface area contributed by atoms with Crippen molar-refractivity contribution in [3.8, 4) is 0 Å². The van der Waals surface area contributed by atoms with E-state index in [4.69, 9.17) is 0 Å². The number of fused-ring (bicyclic) bond motifs is 1. The first-order valence-electron chi connectivity index (χ1n) is 7.91. The molecule has 1 N–H and O–H groups in total. The van der Waals surface area contributed by atoms with Gasteiger partial charge in [0.2, 0.25) is 0 Å². The summed E-state index contributed by atoms with van der Waals surface area (Å²) in [5, 5.41) is 9.52. The van der Waals surface area contributed by atoms with E-state index in [9.17, 15) is 9.90 Å². The molecule has 1 atom stereocenters. The Kier molecular flexibility index (Phi) is 4.55. The van der Waals surface area contributed by atoms with E-state index in [0.29, 0.717) is 0 Å². The van der Waals surface area contributed by atoms with Crippen LogP contribution in [0, 0.1) is 0 Å². The standard InChI is InChI=1S/C17H23NO2S/c19-16(20)13-17(18-10-5-1-2-6-11-18)9-12-21-15-8-4-3-7-14(15)17/h3-4,7-8H,1-2,5-6,9-13H2,(H,19,20). The summed E-state index contributed by atoms with van der Waals surface area (Å²) in [7, 11) is 0. The Morgan fingerprint density at radius 3 is 2.62 bits per heavy atom. The minimum atomic E-state index is -0.680.